The fraction of sp³-hybridized carbons (Fsp3) is 0.529. The summed E-state index contributed by atoms with van der Waals surface area (Å²) in [5.74, 6) is 0. The van der Waals surface area contributed by atoms with Crippen molar-refractivity contribution in [3.8, 4) is 0 Å². The number of rotatable bonds is 9. The van der Waals surface area contributed by atoms with E-state index < -0.39 is 0 Å². The van der Waals surface area contributed by atoms with E-state index in [1.165, 1.54) is 22.6 Å². The van der Waals surface area contributed by atoms with Crippen LogP contribution in [0.1, 0.15) is 42.5 Å². The Morgan fingerprint density at radius 1 is 1.14 bits per heavy atom. The Morgan fingerprint density at radius 3 is 2.38 bits per heavy atom. The summed E-state index contributed by atoms with van der Waals surface area (Å²) >= 11 is 5.73. The molecular formula is C17H25NS3. The Morgan fingerprint density at radius 2 is 1.86 bits per heavy atom. The molecule has 0 aliphatic carbocycles. The van der Waals surface area contributed by atoms with Crippen LogP contribution >= 0.6 is 34.4 Å². The molecule has 0 fully saturated rings. The summed E-state index contributed by atoms with van der Waals surface area (Å²) in [4.78, 5) is 2.91. The standard InChI is InChI=1S/C17H25NS3/c1-4-17(5-2,19-3)13-18-15(16-9-7-11-21-16)12-14-8-6-10-20-14/h6-11,15,18H,4-5,12-13H2,1-3H3. The summed E-state index contributed by atoms with van der Waals surface area (Å²) < 4.78 is 0.366. The summed E-state index contributed by atoms with van der Waals surface area (Å²) in [5.41, 5.74) is 0. The molecule has 4 heteroatoms. The van der Waals surface area contributed by atoms with Crippen LogP contribution in [0, 0.1) is 0 Å². The zero-order valence-corrected chi connectivity index (χ0v) is 15.5. The van der Waals surface area contributed by atoms with Crippen molar-refractivity contribution < 1.29 is 0 Å². The van der Waals surface area contributed by atoms with Gasteiger partial charge in [-0.15, -0.1) is 22.7 Å². The highest BCUT2D eigenvalue weighted by atomic mass is 32.2. The van der Waals surface area contributed by atoms with Gasteiger partial charge in [0.25, 0.3) is 0 Å². The first kappa shape index (κ1) is 17.1. The van der Waals surface area contributed by atoms with Crippen LogP contribution < -0.4 is 5.32 Å². The van der Waals surface area contributed by atoms with Crippen molar-refractivity contribution in [2.75, 3.05) is 12.8 Å². The normalized spacial score (nSPS) is 13.5. The average molecular weight is 340 g/mol. The van der Waals surface area contributed by atoms with Crippen LogP contribution in [0.5, 0.6) is 0 Å². The van der Waals surface area contributed by atoms with Crippen molar-refractivity contribution in [3.05, 3.63) is 44.8 Å². The van der Waals surface area contributed by atoms with Crippen LogP contribution in [-0.4, -0.2) is 17.5 Å². The van der Waals surface area contributed by atoms with Gasteiger partial charge in [0.15, 0.2) is 0 Å². The molecule has 1 N–H and O–H groups in total. The zero-order chi connectivity index (χ0) is 15.1. The van der Waals surface area contributed by atoms with E-state index in [0.717, 1.165) is 13.0 Å². The Balaban J connectivity index is 2.06. The maximum Gasteiger partial charge on any atom is 0.0464 e. The van der Waals surface area contributed by atoms with E-state index in [1.54, 1.807) is 0 Å². The predicted molar refractivity (Wildman–Crippen MR) is 99.9 cm³/mol. The molecule has 2 heterocycles. The van der Waals surface area contributed by atoms with Crippen LogP contribution in [0.25, 0.3) is 0 Å². The maximum absolute atomic E-state index is 3.85. The number of thiophene rings is 2. The van der Waals surface area contributed by atoms with Gasteiger partial charge in [0.1, 0.15) is 0 Å². The van der Waals surface area contributed by atoms with Crippen LogP contribution in [0.15, 0.2) is 35.0 Å². The summed E-state index contributed by atoms with van der Waals surface area (Å²) in [7, 11) is 0. The molecule has 2 aromatic rings. The Labute approximate surface area is 141 Å². The molecule has 0 bridgehead atoms. The quantitative estimate of drug-likeness (QED) is 0.638. The van der Waals surface area contributed by atoms with Gasteiger partial charge in [-0.05, 0) is 42.0 Å². The number of thioether (sulfide) groups is 1. The number of hydrogen-bond acceptors (Lipinski definition) is 4. The van der Waals surface area contributed by atoms with Crippen molar-refractivity contribution in [1.82, 2.24) is 5.32 Å². The Kier molecular flexibility index (Phi) is 6.80. The molecule has 1 nitrogen and oxygen atoms in total. The molecule has 0 saturated carbocycles. The molecule has 116 valence electrons. The van der Waals surface area contributed by atoms with Gasteiger partial charge in [-0.2, -0.15) is 11.8 Å². The van der Waals surface area contributed by atoms with E-state index in [0.29, 0.717) is 10.8 Å². The molecule has 0 aliphatic rings. The smallest absolute Gasteiger partial charge is 0.0464 e. The molecule has 1 unspecified atom stereocenters. The number of nitrogens with one attached hydrogen (secondary N) is 1. The third kappa shape index (κ3) is 4.59. The van der Waals surface area contributed by atoms with E-state index in [9.17, 15) is 0 Å². The second-order valence-electron chi connectivity index (χ2n) is 5.33. The van der Waals surface area contributed by atoms with Crippen LogP contribution in [-0.2, 0) is 6.42 Å². The average Bonchev–Trinajstić information content (AvgIpc) is 3.21. The largest absolute Gasteiger partial charge is 0.308 e. The van der Waals surface area contributed by atoms with Gasteiger partial charge < -0.3 is 5.32 Å². The lowest BCUT2D eigenvalue weighted by Crippen LogP contribution is -2.38. The second-order valence-corrected chi connectivity index (χ2v) is 8.61. The van der Waals surface area contributed by atoms with Crippen molar-refractivity contribution >= 4 is 34.4 Å². The van der Waals surface area contributed by atoms with Crippen molar-refractivity contribution in [2.45, 2.75) is 43.9 Å². The predicted octanol–water partition coefficient (Wildman–Crippen LogP) is 5.60. The lowest BCUT2D eigenvalue weighted by atomic mass is 10.0. The molecule has 21 heavy (non-hydrogen) atoms. The van der Waals surface area contributed by atoms with Crippen molar-refractivity contribution in [3.63, 3.8) is 0 Å². The second kappa shape index (κ2) is 8.37. The SMILES string of the molecule is CCC(CC)(CNC(Cc1cccs1)c1cccs1)SC. The van der Waals surface area contributed by atoms with Crippen molar-refractivity contribution in [2.24, 2.45) is 0 Å². The molecule has 0 saturated heterocycles. The van der Waals surface area contributed by atoms with Crippen molar-refractivity contribution in [1.29, 1.82) is 0 Å². The molecule has 2 rings (SSSR count). The van der Waals surface area contributed by atoms with Gasteiger partial charge in [-0.3, -0.25) is 0 Å². The van der Waals surface area contributed by atoms with Gasteiger partial charge in [0.2, 0.25) is 0 Å². The highest BCUT2D eigenvalue weighted by Gasteiger charge is 2.26. The highest BCUT2D eigenvalue weighted by molar-refractivity contribution is 8.00. The lowest BCUT2D eigenvalue weighted by molar-refractivity contribution is 0.447. The van der Waals surface area contributed by atoms with E-state index >= 15 is 0 Å². The molecule has 0 aliphatic heterocycles. The summed E-state index contributed by atoms with van der Waals surface area (Å²) in [6, 6.07) is 9.25. The molecular weight excluding hydrogens is 314 g/mol. The monoisotopic (exact) mass is 339 g/mol. The van der Waals surface area contributed by atoms with Crippen LogP contribution in [0.3, 0.4) is 0 Å². The third-order valence-electron chi connectivity index (χ3n) is 4.26. The Hall–Kier alpha value is -0.290. The van der Waals surface area contributed by atoms with Gasteiger partial charge in [-0.25, -0.2) is 0 Å². The molecule has 0 spiro atoms. The fourth-order valence-electron chi connectivity index (χ4n) is 2.56. The van der Waals surface area contributed by atoms with E-state index in [1.807, 2.05) is 34.4 Å². The number of hydrogen-bond donors (Lipinski definition) is 1. The lowest BCUT2D eigenvalue weighted by Gasteiger charge is -2.32. The van der Waals surface area contributed by atoms with Gasteiger partial charge in [0, 0.05) is 33.5 Å². The first-order valence-corrected chi connectivity index (χ1v) is 10.6. The molecule has 2 aromatic heterocycles. The highest BCUT2D eigenvalue weighted by Crippen LogP contribution is 2.32. The summed E-state index contributed by atoms with van der Waals surface area (Å²) in [6.07, 6.45) is 5.77. The zero-order valence-electron chi connectivity index (χ0n) is 13.1. The Bertz CT molecular complexity index is 478. The third-order valence-corrected chi connectivity index (χ3v) is 7.74. The minimum absolute atomic E-state index is 0.366. The summed E-state index contributed by atoms with van der Waals surface area (Å²) in [5, 5.41) is 8.20. The maximum atomic E-state index is 3.85. The van der Waals surface area contributed by atoms with Gasteiger partial charge in [0.05, 0.1) is 0 Å². The van der Waals surface area contributed by atoms with E-state index in [2.05, 4.69) is 60.4 Å². The topological polar surface area (TPSA) is 12.0 Å². The van der Waals surface area contributed by atoms with E-state index in [-0.39, 0.29) is 0 Å². The van der Waals surface area contributed by atoms with Gasteiger partial charge in [-0.1, -0.05) is 26.0 Å². The molecule has 1 atom stereocenters. The van der Waals surface area contributed by atoms with Crippen LogP contribution in [0.2, 0.25) is 0 Å². The minimum atomic E-state index is 0.366. The first-order valence-electron chi connectivity index (χ1n) is 7.57. The molecule has 0 amide bonds. The molecule has 0 aromatic carbocycles. The first-order chi connectivity index (χ1) is 10.2. The molecule has 0 radical (unpaired) electrons. The van der Waals surface area contributed by atoms with Crippen LogP contribution in [0.4, 0.5) is 0 Å². The summed E-state index contributed by atoms with van der Waals surface area (Å²) in [6.45, 7) is 5.69. The van der Waals surface area contributed by atoms with E-state index in [4.69, 9.17) is 0 Å². The fourth-order valence-corrected chi connectivity index (χ4v) is 4.92. The minimum Gasteiger partial charge on any atom is -0.308 e. The van der Waals surface area contributed by atoms with Gasteiger partial charge >= 0.3 is 0 Å².